The zero-order valence-corrected chi connectivity index (χ0v) is 17.7. The zero-order chi connectivity index (χ0) is 21.1. The second-order valence-corrected chi connectivity index (χ2v) is 10.2. The van der Waals surface area contributed by atoms with Crippen LogP contribution < -0.4 is 9.44 Å². The zero-order valence-electron chi connectivity index (χ0n) is 16.1. The topological polar surface area (TPSA) is 92.3 Å². The van der Waals surface area contributed by atoms with E-state index < -0.39 is 20.0 Å². The Bertz CT molecular complexity index is 1220. The van der Waals surface area contributed by atoms with Gasteiger partial charge in [-0.2, -0.15) is 0 Å². The van der Waals surface area contributed by atoms with Gasteiger partial charge in [0.05, 0.1) is 16.3 Å². The molecule has 0 amide bonds. The van der Waals surface area contributed by atoms with Crippen LogP contribution in [0.2, 0.25) is 0 Å². The van der Waals surface area contributed by atoms with Crippen LogP contribution in [0.3, 0.4) is 0 Å². The van der Waals surface area contributed by atoms with Crippen molar-refractivity contribution in [1.29, 1.82) is 0 Å². The highest BCUT2D eigenvalue weighted by Crippen LogP contribution is 2.21. The Labute approximate surface area is 171 Å². The van der Waals surface area contributed by atoms with Gasteiger partial charge in [-0.1, -0.05) is 48.0 Å². The van der Waals surface area contributed by atoms with Crippen molar-refractivity contribution in [1.82, 2.24) is 0 Å². The van der Waals surface area contributed by atoms with Crippen LogP contribution in [0.4, 0.5) is 11.4 Å². The Kier molecular flexibility index (Phi) is 5.95. The van der Waals surface area contributed by atoms with E-state index in [9.17, 15) is 16.8 Å². The molecule has 0 aliphatic rings. The van der Waals surface area contributed by atoms with Gasteiger partial charge in [-0.3, -0.25) is 9.44 Å². The molecule has 0 aliphatic carbocycles. The molecule has 0 aromatic heterocycles. The van der Waals surface area contributed by atoms with Crippen molar-refractivity contribution in [2.45, 2.75) is 24.5 Å². The molecule has 8 heteroatoms. The monoisotopic (exact) mass is 430 g/mol. The van der Waals surface area contributed by atoms with Crippen LogP contribution in [-0.2, 0) is 25.8 Å². The number of hydrogen-bond acceptors (Lipinski definition) is 4. The van der Waals surface area contributed by atoms with Gasteiger partial charge in [0.15, 0.2) is 0 Å². The molecule has 3 rings (SSSR count). The number of benzene rings is 3. The summed E-state index contributed by atoms with van der Waals surface area (Å²) >= 11 is 0. The summed E-state index contributed by atoms with van der Waals surface area (Å²) in [7, 11) is -7.40. The van der Waals surface area contributed by atoms with E-state index in [0.717, 1.165) is 11.1 Å². The third-order valence-corrected chi connectivity index (χ3v) is 6.91. The van der Waals surface area contributed by atoms with Gasteiger partial charge >= 0.3 is 0 Å². The maximum absolute atomic E-state index is 12.6. The Hall–Kier alpha value is -2.84. The van der Waals surface area contributed by atoms with Crippen LogP contribution in [0.15, 0.2) is 77.7 Å². The molecule has 2 N–H and O–H groups in total. The van der Waals surface area contributed by atoms with Gasteiger partial charge in [-0.15, -0.1) is 0 Å². The molecule has 0 saturated heterocycles. The van der Waals surface area contributed by atoms with Crippen LogP contribution >= 0.6 is 0 Å². The Morgan fingerprint density at radius 1 is 0.759 bits per heavy atom. The van der Waals surface area contributed by atoms with Crippen molar-refractivity contribution in [3.63, 3.8) is 0 Å². The van der Waals surface area contributed by atoms with Crippen LogP contribution in [-0.4, -0.2) is 16.8 Å². The molecular weight excluding hydrogens is 408 g/mol. The van der Waals surface area contributed by atoms with Crippen molar-refractivity contribution in [3.8, 4) is 0 Å². The van der Waals surface area contributed by atoms with Crippen LogP contribution in [0.25, 0.3) is 0 Å². The number of rotatable bonds is 7. The summed E-state index contributed by atoms with van der Waals surface area (Å²) in [6.45, 7) is 3.71. The minimum Gasteiger partial charge on any atom is -0.283 e. The van der Waals surface area contributed by atoms with Gasteiger partial charge in [0.2, 0.25) is 10.0 Å². The van der Waals surface area contributed by atoms with Gasteiger partial charge in [-0.05, 0) is 55.3 Å². The van der Waals surface area contributed by atoms with Gasteiger partial charge < -0.3 is 0 Å². The molecular formula is C21H22N2O4S2. The van der Waals surface area contributed by atoms with E-state index >= 15 is 0 Å². The SMILES string of the molecule is Cc1cccc(CS(=O)(=O)Nc2ccc(S(=O)(=O)Nc3ccccc3C)cc2)c1. The predicted octanol–water partition coefficient (Wildman–Crippen LogP) is 4.05. The summed E-state index contributed by atoms with van der Waals surface area (Å²) in [5.74, 6) is -0.163. The fraction of sp³-hybridized carbons (Fsp3) is 0.143. The summed E-state index contributed by atoms with van der Waals surface area (Å²) in [4.78, 5) is 0.0439. The summed E-state index contributed by atoms with van der Waals surface area (Å²) in [5.41, 5.74) is 3.26. The number of sulfonamides is 2. The molecule has 0 atom stereocenters. The Morgan fingerprint density at radius 3 is 2.10 bits per heavy atom. The second-order valence-electron chi connectivity index (χ2n) is 6.79. The van der Waals surface area contributed by atoms with Crippen molar-refractivity contribution in [2.24, 2.45) is 0 Å². The van der Waals surface area contributed by atoms with Crippen molar-refractivity contribution >= 4 is 31.4 Å². The van der Waals surface area contributed by atoms with Gasteiger partial charge in [0.25, 0.3) is 10.0 Å². The molecule has 0 bridgehead atoms. The third-order valence-electron chi connectivity index (χ3n) is 4.27. The van der Waals surface area contributed by atoms with Crippen molar-refractivity contribution < 1.29 is 16.8 Å². The highest BCUT2D eigenvalue weighted by molar-refractivity contribution is 7.92. The van der Waals surface area contributed by atoms with Crippen LogP contribution in [0.5, 0.6) is 0 Å². The number of nitrogens with one attached hydrogen (secondary N) is 2. The molecule has 152 valence electrons. The highest BCUT2D eigenvalue weighted by Gasteiger charge is 2.16. The maximum Gasteiger partial charge on any atom is 0.261 e. The molecule has 0 aliphatic heterocycles. The molecule has 0 heterocycles. The molecule has 0 saturated carbocycles. The van der Waals surface area contributed by atoms with Gasteiger partial charge in [-0.25, -0.2) is 16.8 Å². The molecule has 6 nitrogen and oxygen atoms in total. The molecule has 3 aromatic carbocycles. The lowest BCUT2D eigenvalue weighted by molar-refractivity contribution is 0.599. The first-order valence-electron chi connectivity index (χ1n) is 8.89. The normalized spacial score (nSPS) is 11.8. The fourth-order valence-corrected chi connectivity index (χ4v) is 5.15. The molecule has 3 aromatic rings. The second kappa shape index (κ2) is 8.26. The number of aryl methyl sites for hydroxylation is 2. The average Bonchev–Trinajstić information content (AvgIpc) is 2.63. The van der Waals surface area contributed by atoms with E-state index in [0.29, 0.717) is 16.9 Å². The molecule has 0 spiro atoms. The smallest absolute Gasteiger partial charge is 0.261 e. The average molecular weight is 431 g/mol. The first kappa shape index (κ1) is 20.9. The minimum absolute atomic E-state index is 0.0439. The summed E-state index contributed by atoms with van der Waals surface area (Å²) < 4.78 is 55.0. The van der Waals surface area contributed by atoms with Crippen LogP contribution in [0.1, 0.15) is 16.7 Å². The fourth-order valence-electron chi connectivity index (χ4n) is 2.83. The van der Waals surface area contributed by atoms with Crippen molar-refractivity contribution in [3.05, 3.63) is 89.5 Å². The third kappa shape index (κ3) is 5.58. The minimum atomic E-state index is -3.78. The van der Waals surface area contributed by atoms with E-state index in [-0.39, 0.29) is 10.6 Å². The number of anilines is 2. The van der Waals surface area contributed by atoms with E-state index in [4.69, 9.17) is 0 Å². The lowest BCUT2D eigenvalue weighted by atomic mass is 10.2. The van der Waals surface area contributed by atoms with E-state index in [1.165, 1.54) is 24.3 Å². The van der Waals surface area contributed by atoms with E-state index in [1.54, 1.807) is 24.3 Å². The van der Waals surface area contributed by atoms with Crippen LogP contribution in [0, 0.1) is 13.8 Å². The summed E-state index contributed by atoms with van der Waals surface area (Å²) in [6, 6.07) is 19.9. The standard InChI is InChI=1S/C21H22N2O4S2/c1-16-6-5-8-18(14-16)15-28(24,25)22-19-10-12-20(13-11-19)29(26,27)23-21-9-4-3-7-17(21)2/h3-14,22-23H,15H2,1-2H3. The first-order valence-corrected chi connectivity index (χ1v) is 12.0. The Morgan fingerprint density at radius 2 is 1.45 bits per heavy atom. The summed E-state index contributed by atoms with van der Waals surface area (Å²) in [6.07, 6.45) is 0. The number of para-hydroxylation sites is 1. The van der Waals surface area contributed by atoms with Gasteiger partial charge in [0, 0.05) is 5.69 Å². The highest BCUT2D eigenvalue weighted by atomic mass is 32.2. The first-order chi connectivity index (χ1) is 13.6. The molecule has 0 fully saturated rings. The number of hydrogen-bond donors (Lipinski definition) is 2. The Balaban J connectivity index is 1.73. The molecule has 0 radical (unpaired) electrons. The molecule has 29 heavy (non-hydrogen) atoms. The predicted molar refractivity (Wildman–Crippen MR) is 116 cm³/mol. The molecule has 0 unspecified atom stereocenters. The van der Waals surface area contributed by atoms with Crippen molar-refractivity contribution in [2.75, 3.05) is 9.44 Å². The lowest BCUT2D eigenvalue weighted by Gasteiger charge is -2.12. The van der Waals surface area contributed by atoms with E-state index in [1.807, 2.05) is 38.1 Å². The summed E-state index contributed by atoms with van der Waals surface area (Å²) in [5, 5.41) is 0. The maximum atomic E-state index is 12.6. The lowest BCUT2D eigenvalue weighted by Crippen LogP contribution is -2.16. The van der Waals surface area contributed by atoms with E-state index in [2.05, 4.69) is 9.44 Å². The quantitative estimate of drug-likeness (QED) is 0.592. The van der Waals surface area contributed by atoms with Gasteiger partial charge in [0.1, 0.15) is 0 Å². The largest absolute Gasteiger partial charge is 0.283 e.